The van der Waals surface area contributed by atoms with E-state index in [-0.39, 0.29) is 5.92 Å². The van der Waals surface area contributed by atoms with Crippen molar-refractivity contribution in [2.24, 2.45) is 7.05 Å². The highest BCUT2D eigenvalue weighted by Gasteiger charge is 2.27. The summed E-state index contributed by atoms with van der Waals surface area (Å²) in [4.78, 5) is 0. The molecule has 2 aromatic rings. The van der Waals surface area contributed by atoms with Crippen molar-refractivity contribution in [3.63, 3.8) is 0 Å². The Bertz CT molecular complexity index is 564. The molecule has 3 rings (SSSR count). The van der Waals surface area contributed by atoms with Gasteiger partial charge in [-0.2, -0.15) is 0 Å². The summed E-state index contributed by atoms with van der Waals surface area (Å²) in [6.45, 7) is 0.726. The number of benzene rings is 1. The Morgan fingerprint density at radius 1 is 1.33 bits per heavy atom. The summed E-state index contributed by atoms with van der Waals surface area (Å²) in [5.41, 5.74) is 1.20. The van der Waals surface area contributed by atoms with Crippen molar-refractivity contribution in [2.75, 3.05) is 19.0 Å². The van der Waals surface area contributed by atoms with Gasteiger partial charge in [0.1, 0.15) is 11.6 Å². The van der Waals surface area contributed by atoms with E-state index in [1.54, 1.807) is 0 Å². The molecule has 1 atom stereocenters. The standard InChI is InChI=1S/C13H16N4O/c1-14-13-16-15-12(17(13)2)10-7-8-18-11-6-4-3-5-9(10)11/h3-6,10H,7-8H2,1-2H3,(H,14,16). The number of aromatic nitrogens is 3. The molecular formula is C13H16N4O. The van der Waals surface area contributed by atoms with E-state index in [4.69, 9.17) is 4.74 Å². The second-order valence-corrected chi connectivity index (χ2v) is 4.42. The normalized spacial score (nSPS) is 18.0. The Kier molecular flexibility index (Phi) is 2.66. The molecule has 0 saturated carbocycles. The largest absolute Gasteiger partial charge is 0.493 e. The summed E-state index contributed by atoms with van der Waals surface area (Å²) in [7, 11) is 3.84. The van der Waals surface area contributed by atoms with Gasteiger partial charge < -0.3 is 14.6 Å². The average molecular weight is 244 g/mol. The molecule has 1 aliphatic heterocycles. The number of nitrogens with zero attached hydrogens (tertiary/aromatic N) is 3. The number of para-hydroxylation sites is 1. The zero-order valence-electron chi connectivity index (χ0n) is 10.6. The summed E-state index contributed by atoms with van der Waals surface area (Å²) in [5, 5.41) is 11.5. The van der Waals surface area contributed by atoms with Gasteiger partial charge in [0.25, 0.3) is 0 Å². The summed E-state index contributed by atoms with van der Waals surface area (Å²) >= 11 is 0. The average Bonchev–Trinajstić information content (AvgIpc) is 2.79. The number of ether oxygens (including phenoxy) is 1. The molecule has 1 unspecified atom stereocenters. The van der Waals surface area contributed by atoms with Gasteiger partial charge >= 0.3 is 0 Å². The first-order chi connectivity index (χ1) is 8.81. The molecule has 0 aliphatic carbocycles. The van der Waals surface area contributed by atoms with Crippen molar-refractivity contribution in [1.29, 1.82) is 0 Å². The van der Waals surface area contributed by atoms with Crippen LogP contribution in [0.4, 0.5) is 5.95 Å². The highest BCUT2D eigenvalue weighted by atomic mass is 16.5. The van der Waals surface area contributed by atoms with Crippen LogP contribution < -0.4 is 10.1 Å². The lowest BCUT2D eigenvalue weighted by atomic mass is 9.92. The quantitative estimate of drug-likeness (QED) is 0.874. The van der Waals surface area contributed by atoms with Crippen LogP contribution in [-0.2, 0) is 7.05 Å². The van der Waals surface area contributed by atoms with Gasteiger partial charge in [-0.1, -0.05) is 18.2 Å². The Hall–Kier alpha value is -2.04. The van der Waals surface area contributed by atoms with E-state index in [0.717, 1.165) is 30.5 Å². The predicted octanol–water partition coefficient (Wildman–Crippen LogP) is 1.77. The summed E-state index contributed by atoms with van der Waals surface area (Å²) < 4.78 is 7.68. The van der Waals surface area contributed by atoms with Gasteiger partial charge in [0.2, 0.25) is 5.95 Å². The molecule has 2 heterocycles. The first kappa shape index (κ1) is 11.1. The SMILES string of the molecule is CNc1nnc(C2CCOc3ccccc32)n1C. The Morgan fingerprint density at radius 3 is 2.94 bits per heavy atom. The molecular weight excluding hydrogens is 228 g/mol. The van der Waals surface area contributed by atoms with Gasteiger partial charge in [-0.15, -0.1) is 10.2 Å². The summed E-state index contributed by atoms with van der Waals surface area (Å²) in [6, 6.07) is 8.15. The van der Waals surface area contributed by atoms with Crippen LogP contribution in [-0.4, -0.2) is 28.4 Å². The van der Waals surface area contributed by atoms with E-state index in [1.165, 1.54) is 5.56 Å². The highest BCUT2D eigenvalue weighted by molar-refractivity contribution is 5.41. The Balaban J connectivity index is 2.05. The van der Waals surface area contributed by atoms with Gasteiger partial charge in [0.15, 0.2) is 0 Å². The van der Waals surface area contributed by atoms with Crippen LogP contribution in [0.15, 0.2) is 24.3 Å². The predicted molar refractivity (Wildman–Crippen MR) is 68.9 cm³/mol. The molecule has 1 aromatic heterocycles. The van der Waals surface area contributed by atoms with Crippen molar-refractivity contribution in [2.45, 2.75) is 12.3 Å². The zero-order valence-corrected chi connectivity index (χ0v) is 10.6. The molecule has 5 heteroatoms. The van der Waals surface area contributed by atoms with Crippen LogP contribution in [0.25, 0.3) is 0 Å². The maximum Gasteiger partial charge on any atom is 0.224 e. The molecule has 0 fully saturated rings. The fraction of sp³-hybridized carbons (Fsp3) is 0.385. The Morgan fingerprint density at radius 2 is 2.17 bits per heavy atom. The minimum atomic E-state index is 0.259. The number of rotatable bonds is 2. The van der Waals surface area contributed by atoms with Crippen molar-refractivity contribution in [3.8, 4) is 5.75 Å². The maximum absolute atomic E-state index is 5.68. The third kappa shape index (κ3) is 1.63. The smallest absolute Gasteiger partial charge is 0.224 e. The lowest BCUT2D eigenvalue weighted by Gasteiger charge is -2.25. The molecule has 5 nitrogen and oxygen atoms in total. The van der Waals surface area contributed by atoms with E-state index in [9.17, 15) is 0 Å². The molecule has 0 amide bonds. The van der Waals surface area contributed by atoms with Gasteiger partial charge in [0.05, 0.1) is 12.5 Å². The molecule has 94 valence electrons. The molecule has 0 bridgehead atoms. The first-order valence-electron chi connectivity index (χ1n) is 6.10. The summed E-state index contributed by atoms with van der Waals surface area (Å²) in [6.07, 6.45) is 0.937. The molecule has 0 spiro atoms. The van der Waals surface area contributed by atoms with E-state index in [2.05, 4.69) is 21.6 Å². The fourth-order valence-corrected chi connectivity index (χ4v) is 2.47. The van der Waals surface area contributed by atoms with Gasteiger partial charge in [-0.05, 0) is 12.5 Å². The van der Waals surface area contributed by atoms with E-state index in [0.29, 0.717) is 0 Å². The zero-order chi connectivity index (χ0) is 12.5. The lowest BCUT2D eigenvalue weighted by molar-refractivity contribution is 0.273. The third-order valence-electron chi connectivity index (χ3n) is 3.40. The molecule has 0 saturated heterocycles. The lowest BCUT2D eigenvalue weighted by Crippen LogP contribution is -2.18. The highest BCUT2D eigenvalue weighted by Crippen LogP contribution is 2.37. The number of hydrogen-bond donors (Lipinski definition) is 1. The van der Waals surface area contributed by atoms with Crippen molar-refractivity contribution in [1.82, 2.24) is 14.8 Å². The summed E-state index contributed by atoms with van der Waals surface area (Å²) in [5.74, 6) is 2.99. The van der Waals surface area contributed by atoms with E-state index < -0.39 is 0 Å². The van der Waals surface area contributed by atoms with Crippen LogP contribution in [0, 0.1) is 0 Å². The number of anilines is 1. The maximum atomic E-state index is 5.68. The van der Waals surface area contributed by atoms with E-state index in [1.807, 2.05) is 36.9 Å². The van der Waals surface area contributed by atoms with Crippen LogP contribution in [0.1, 0.15) is 23.7 Å². The van der Waals surface area contributed by atoms with Crippen molar-refractivity contribution in [3.05, 3.63) is 35.7 Å². The number of nitrogens with one attached hydrogen (secondary N) is 1. The molecule has 1 aliphatic rings. The molecule has 0 radical (unpaired) electrons. The minimum absolute atomic E-state index is 0.259. The van der Waals surface area contributed by atoms with E-state index >= 15 is 0 Å². The van der Waals surface area contributed by atoms with Crippen LogP contribution >= 0.6 is 0 Å². The monoisotopic (exact) mass is 244 g/mol. The first-order valence-corrected chi connectivity index (χ1v) is 6.10. The number of hydrogen-bond acceptors (Lipinski definition) is 4. The van der Waals surface area contributed by atoms with Crippen molar-refractivity contribution >= 4 is 5.95 Å². The number of fused-ring (bicyclic) bond motifs is 1. The molecule has 1 aromatic carbocycles. The van der Waals surface area contributed by atoms with Crippen LogP contribution in [0.3, 0.4) is 0 Å². The topological polar surface area (TPSA) is 52.0 Å². The molecule has 18 heavy (non-hydrogen) atoms. The molecule has 1 N–H and O–H groups in total. The van der Waals surface area contributed by atoms with Gasteiger partial charge in [0, 0.05) is 19.7 Å². The third-order valence-corrected chi connectivity index (χ3v) is 3.40. The second kappa shape index (κ2) is 4.33. The van der Waals surface area contributed by atoms with Crippen LogP contribution in [0.2, 0.25) is 0 Å². The van der Waals surface area contributed by atoms with Gasteiger partial charge in [-0.3, -0.25) is 0 Å². The van der Waals surface area contributed by atoms with Crippen molar-refractivity contribution < 1.29 is 4.74 Å². The second-order valence-electron chi connectivity index (χ2n) is 4.42. The Labute approximate surface area is 106 Å². The minimum Gasteiger partial charge on any atom is -0.493 e. The van der Waals surface area contributed by atoms with Crippen LogP contribution in [0.5, 0.6) is 5.75 Å². The van der Waals surface area contributed by atoms with Gasteiger partial charge in [-0.25, -0.2) is 0 Å². The fourth-order valence-electron chi connectivity index (χ4n) is 2.47.